The minimum Gasteiger partial charge on any atom is -0.511 e. The summed E-state index contributed by atoms with van der Waals surface area (Å²) in [6.07, 6.45) is 6.14. The van der Waals surface area contributed by atoms with E-state index in [0.29, 0.717) is 5.57 Å². The minimum atomic E-state index is -0.330. The highest BCUT2D eigenvalue weighted by molar-refractivity contribution is 5.92. The average molecular weight is 342 g/mol. The average Bonchev–Trinajstić information content (AvgIpc) is 2.53. The summed E-state index contributed by atoms with van der Waals surface area (Å²) in [5, 5.41) is 11.1. The molecule has 1 aliphatic heterocycles. The molecule has 0 radical (unpaired) electrons. The van der Waals surface area contributed by atoms with Gasteiger partial charge in [-0.2, -0.15) is 0 Å². The van der Waals surface area contributed by atoms with Crippen molar-refractivity contribution >= 4 is 5.97 Å². The third kappa shape index (κ3) is 3.75. The lowest BCUT2D eigenvalue weighted by Gasteiger charge is -2.39. The van der Waals surface area contributed by atoms with Gasteiger partial charge in [-0.1, -0.05) is 70.4 Å². The lowest BCUT2D eigenvalue weighted by Crippen LogP contribution is -2.39. The van der Waals surface area contributed by atoms with E-state index in [0.717, 1.165) is 31.2 Å². The molecule has 1 aromatic carbocycles. The SMILES string of the molecule is CC(C)(C)C(C1=C(O)C2CCCCCCC2OC1=O)c1ccccc1. The number of carbonyl (C=O) groups is 1. The third-order valence-corrected chi connectivity index (χ3v) is 5.60. The molecule has 2 aliphatic rings. The summed E-state index contributed by atoms with van der Waals surface area (Å²) in [4.78, 5) is 12.9. The molecule has 1 heterocycles. The van der Waals surface area contributed by atoms with E-state index in [1.807, 2.05) is 30.3 Å². The molecule has 0 spiro atoms. The third-order valence-electron chi connectivity index (χ3n) is 5.60. The molecule has 136 valence electrons. The van der Waals surface area contributed by atoms with Crippen LogP contribution in [0.3, 0.4) is 0 Å². The normalized spacial score (nSPS) is 26.3. The maximum Gasteiger partial charge on any atom is 0.338 e. The van der Waals surface area contributed by atoms with Crippen LogP contribution in [-0.4, -0.2) is 17.2 Å². The van der Waals surface area contributed by atoms with E-state index < -0.39 is 0 Å². The molecule has 25 heavy (non-hydrogen) atoms. The van der Waals surface area contributed by atoms with Crippen LogP contribution in [0.2, 0.25) is 0 Å². The second-order valence-electron chi connectivity index (χ2n) is 8.55. The highest BCUT2D eigenvalue weighted by Crippen LogP contribution is 2.46. The summed E-state index contributed by atoms with van der Waals surface area (Å²) in [5.74, 6) is -0.260. The number of fused-ring (bicyclic) bond motifs is 1. The van der Waals surface area contributed by atoms with Crippen molar-refractivity contribution in [3.8, 4) is 0 Å². The summed E-state index contributed by atoms with van der Waals surface area (Å²) in [5.41, 5.74) is 1.33. The second kappa shape index (κ2) is 7.23. The van der Waals surface area contributed by atoms with Gasteiger partial charge in [0.25, 0.3) is 0 Å². The van der Waals surface area contributed by atoms with E-state index in [9.17, 15) is 9.90 Å². The minimum absolute atomic E-state index is 0.0402. The van der Waals surface area contributed by atoms with Crippen molar-refractivity contribution in [3.05, 3.63) is 47.2 Å². The zero-order valence-corrected chi connectivity index (χ0v) is 15.6. The van der Waals surface area contributed by atoms with Crippen molar-refractivity contribution in [1.29, 1.82) is 0 Å². The number of ether oxygens (including phenoxy) is 1. The van der Waals surface area contributed by atoms with Crippen LogP contribution in [0.5, 0.6) is 0 Å². The molecule has 0 bridgehead atoms. The Morgan fingerprint density at radius 3 is 2.32 bits per heavy atom. The predicted molar refractivity (Wildman–Crippen MR) is 99.4 cm³/mol. The lowest BCUT2D eigenvalue weighted by atomic mass is 9.69. The molecule has 1 aliphatic carbocycles. The fourth-order valence-corrected chi connectivity index (χ4v) is 4.42. The van der Waals surface area contributed by atoms with Gasteiger partial charge in [0.15, 0.2) is 0 Å². The Balaban J connectivity index is 2.06. The summed E-state index contributed by atoms with van der Waals surface area (Å²) in [6, 6.07) is 10.0. The number of hydrogen-bond donors (Lipinski definition) is 1. The first-order chi connectivity index (χ1) is 11.9. The number of rotatable bonds is 2. The van der Waals surface area contributed by atoms with Crippen LogP contribution < -0.4 is 0 Å². The Labute approximate surface area is 151 Å². The highest BCUT2D eigenvalue weighted by atomic mass is 16.5. The Morgan fingerprint density at radius 1 is 1.04 bits per heavy atom. The first kappa shape index (κ1) is 18.0. The highest BCUT2D eigenvalue weighted by Gasteiger charge is 2.44. The van der Waals surface area contributed by atoms with Gasteiger partial charge < -0.3 is 9.84 Å². The van der Waals surface area contributed by atoms with Crippen LogP contribution in [0.15, 0.2) is 41.7 Å². The molecule has 3 nitrogen and oxygen atoms in total. The van der Waals surface area contributed by atoms with Crippen molar-refractivity contribution in [2.45, 2.75) is 71.3 Å². The zero-order valence-electron chi connectivity index (χ0n) is 15.6. The second-order valence-corrected chi connectivity index (χ2v) is 8.55. The van der Waals surface area contributed by atoms with Crippen LogP contribution in [-0.2, 0) is 9.53 Å². The topological polar surface area (TPSA) is 46.5 Å². The van der Waals surface area contributed by atoms with E-state index in [1.54, 1.807) is 0 Å². The van der Waals surface area contributed by atoms with E-state index in [4.69, 9.17) is 4.74 Å². The van der Waals surface area contributed by atoms with Crippen molar-refractivity contribution in [1.82, 2.24) is 0 Å². The van der Waals surface area contributed by atoms with Gasteiger partial charge in [0.2, 0.25) is 0 Å². The van der Waals surface area contributed by atoms with E-state index in [-0.39, 0.29) is 35.1 Å². The summed E-state index contributed by atoms with van der Waals surface area (Å²) in [7, 11) is 0. The van der Waals surface area contributed by atoms with Crippen molar-refractivity contribution in [2.75, 3.05) is 0 Å². The number of aliphatic hydroxyl groups is 1. The molecule has 1 fully saturated rings. The van der Waals surface area contributed by atoms with Gasteiger partial charge >= 0.3 is 5.97 Å². The number of esters is 1. The van der Waals surface area contributed by atoms with Crippen LogP contribution in [0.1, 0.15) is 70.8 Å². The Morgan fingerprint density at radius 2 is 1.68 bits per heavy atom. The fourth-order valence-electron chi connectivity index (χ4n) is 4.42. The maximum atomic E-state index is 12.9. The molecular formula is C22H30O3. The summed E-state index contributed by atoms with van der Waals surface area (Å²) < 4.78 is 5.85. The quantitative estimate of drug-likeness (QED) is 0.719. The standard InChI is InChI=1S/C22H30O3/c1-22(2,3)19(15-11-7-6-8-12-15)18-20(23)16-13-9-4-5-10-14-17(16)25-21(18)24/h6-8,11-12,16-17,19,23H,4-5,9-10,13-14H2,1-3H3. The molecule has 3 atom stereocenters. The van der Waals surface area contributed by atoms with E-state index >= 15 is 0 Å². The van der Waals surface area contributed by atoms with Crippen LogP contribution in [0.25, 0.3) is 0 Å². The van der Waals surface area contributed by atoms with Crippen LogP contribution in [0.4, 0.5) is 0 Å². The van der Waals surface area contributed by atoms with Gasteiger partial charge in [-0.05, 0) is 30.2 Å². The monoisotopic (exact) mass is 342 g/mol. The van der Waals surface area contributed by atoms with Crippen LogP contribution >= 0.6 is 0 Å². The molecule has 1 aromatic rings. The zero-order chi connectivity index (χ0) is 18.0. The number of carbonyl (C=O) groups excluding carboxylic acids is 1. The Hall–Kier alpha value is -1.77. The molecule has 3 rings (SSSR count). The van der Waals surface area contributed by atoms with Gasteiger partial charge in [-0.25, -0.2) is 4.79 Å². The van der Waals surface area contributed by atoms with Crippen LogP contribution in [0, 0.1) is 11.3 Å². The van der Waals surface area contributed by atoms with Gasteiger partial charge in [-0.15, -0.1) is 0 Å². The molecule has 3 heteroatoms. The Kier molecular flexibility index (Phi) is 5.21. The van der Waals surface area contributed by atoms with Gasteiger partial charge in [-0.3, -0.25) is 0 Å². The number of hydrogen-bond acceptors (Lipinski definition) is 3. The fraction of sp³-hybridized carbons (Fsp3) is 0.591. The van der Waals surface area contributed by atoms with Crippen molar-refractivity contribution in [2.24, 2.45) is 11.3 Å². The predicted octanol–water partition coefficient (Wildman–Crippen LogP) is 5.52. The largest absolute Gasteiger partial charge is 0.511 e. The molecule has 1 N–H and O–H groups in total. The molecule has 0 saturated heterocycles. The van der Waals surface area contributed by atoms with Crippen molar-refractivity contribution < 1.29 is 14.6 Å². The van der Waals surface area contributed by atoms with Gasteiger partial charge in [0, 0.05) is 5.92 Å². The summed E-state index contributed by atoms with van der Waals surface area (Å²) in [6.45, 7) is 6.34. The first-order valence-corrected chi connectivity index (χ1v) is 9.58. The van der Waals surface area contributed by atoms with E-state index in [2.05, 4.69) is 20.8 Å². The molecule has 0 aromatic heterocycles. The van der Waals surface area contributed by atoms with Crippen molar-refractivity contribution in [3.63, 3.8) is 0 Å². The maximum absolute atomic E-state index is 12.9. The summed E-state index contributed by atoms with van der Waals surface area (Å²) >= 11 is 0. The molecule has 1 saturated carbocycles. The molecule has 0 amide bonds. The molecular weight excluding hydrogens is 312 g/mol. The number of aliphatic hydroxyl groups excluding tert-OH is 1. The Bertz CT molecular complexity index is 639. The van der Waals surface area contributed by atoms with Gasteiger partial charge in [0.1, 0.15) is 11.9 Å². The smallest absolute Gasteiger partial charge is 0.338 e. The van der Waals surface area contributed by atoms with Gasteiger partial charge in [0.05, 0.1) is 11.5 Å². The lowest BCUT2D eigenvalue weighted by molar-refractivity contribution is -0.152. The molecule has 3 unspecified atom stereocenters. The van der Waals surface area contributed by atoms with E-state index in [1.165, 1.54) is 12.8 Å². The number of benzene rings is 1. The first-order valence-electron chi connectivity index (χ1n) is 9.58.